The van der Waals surface area contributed by atoms with Crippen LogP contribution in [0.4, 0.5) is 4.79 Å². The van der Waals surface area contributed by atoms with Crippen LogP contribution >= 0.6 is 0 Å². The maximum Gasteiger partial charge on any atom is 0.318 e. The molecule has 3 heterocycles. The van der Waals surface area contributed by atoms with E-state index in [-0.39, 0.29) is 18.2 Å². The minimum absolute atomic E-state index is 0.0170. The van der Waals surface area contributed by atoms with Gasteiger partial charge >= 0.3 is 12.0 Å². The molecule has 1 aliphatic heterocycles. The van der Waals surface area contributed by atoms with Crippen molar-refractivity contribution in [2.24, 2.45) is 5.92 Å². The third kappa shape index (κ3) is 5.38. The van der Waals surface area contributed by atoms with Crippen LogP contribution in [0.5, 0.6) is 6.01 Å². The molecule has 2 aromatic rings. The summed E-state index contributed by atoms with van der Waals surface area (Å²) >= 11 is 0. The maximum atomic E-state index is 12.5. The molecule has 1 saturated heterocycles. The average molecular weight is 374 g/mol. The lowest BCUT2D eigenvalue weighted by Crippen LogP contribution is -2.47. The van der Waals surface area contributed by atoms with E-state index >= 15 is 0 Å². The molecule has 146 valence electrons. The van der Waals surface area contributed by atoms with Gasteiger partial charge in [0, 0.05) is 44.7 Å². The fraction of sp³-hybridized carbons (Fsp3) is 0.611. The number of carbonyl (C=O) groups is 1. The van der Waals surface area contributed by atoms with E-state index < -0.39 is 0 Å². The minimum atomic E-state index is -0.336. The molecule has 0 spiro atoms. The Morgan fingerprint density at radius 1 is 1.30 bits per heavy atom. The summed E-state index contributed by atoms with van der Waals surface area (Å²) in [6.07, 6.45) is 5.54. The summed E-state index contributed by atoms with van der Waals surface area (Å²) in [7, 11) is 0. The Bertz CT molecular complexity index is 728. The van der Waals surface area contributed by atoms with Crippen LogP contribution in [0.3, 0.4) is 0 Å². The van der Waals surface area contributed by atoms with Gasteiger partial charge in [-0.05, 0) is 18.9 Å². The summed E-state index contributed by atoms with van der Waals surface area (Å²) < 4.78 is 11.0. The highest BCUT2D eigenvalue weighted by Gasteiger charge is 2.26. The first-order chi connectivity index (χ1) is 13.0. The Morgan fingerprint density at radius 3 is 2.67 bits per heavy atom. The van der Waals surface area contributed by atoms with E-state index in [2.05, 4.69) is 39.3 Å². The van der Waals surface area contributed by atoms with Gasteiger partial charge in [-0.3, -0.25) is 0 Å². The number of carbonyl (C=O) groups excluding carboxylic acids is 1. The number of nitrogens with one attached hydrogen (secondary N) is 1. The first-order valence-corrected chi connectivity index (χ1v) is 9.33. The van der Waals surface area contributed by atoms with Gasteiger partial charge in [-0.25, -0.2) is 14.8 Å². The second-order valence-electron chi connectivity index (χ2n) is 7.15. The van der Waals surface area contributed by atoms with Gasteiger partial charge in [0.05, 0.1) is 0 Å². The number of rotatable bonds is 6. The molecular weight excluding hydrogens is 348 g/mol. The minimum Gasteiger partial charge on any atom is -0.460 e. The zero-order valence-corrected chi connectivity index (χ0v) is 16.0. The number of likely N-dealkylation sites (tertiary alicyclic amines) is 1. The summed E-state index contributed by atoms with van der Waals surface area (Å²) in [5, 5.41) is 6.89. The zero-order valence-electron chi connectivity index (χ0n) is 16.0. The third-order valence-electron chi connectivity index (χ3n) is 4.33. The standard InChI is InChI=1S/C18H26N6O3/c1-12(2)11-15-22-16(27-23-15)13(3)21-18(25)24-9-5-14(6-10-24)26-17-19-7-4-8-20-17/h4,7-8,12-14H,5-6,9-11H2,1-3H3,(H,21,25). The Balaban J connectivity index is 1.45. The van der Waals surface area contributed by atoms with Crippen molar-refractivity contribution in [3.63, 3.8) is 0 Å². The van der Waals surface area contributed by atoms with Gasteiger partial charge in [-0.15, -0.1) is 0 Å². The number of nitrogens with zero attached hydrogens (tertiary/aromatic N) is 5. The first kappa shape index (κ1) is 19.1. The smallest absolute Gasteiger partial charge is 0.318 e. The quantitative estimate of drug-likeness (QED) is 0.827. The maximum absolute atomic E-state index is 12.5. The summed E-state index contributed by atoms with van der Waals surface area (Å²) in [6, 6.07) is 1.65. The fourth-order valence-electron chi connectivity index (χ4n) is 2.90. The lowest BCUT2D eigenvalue weighted by molar-refractivity contribution is 0.102. The van der Waals surface area contributed by atoms with Gasteiger partial charge in [0.15, 0.2) is 5.82 Å². The van der Waals surface area contributed by atoms with E-state index in [9.17, 15) is 4.79 Å². The number of piperidine rings is 1. The summed E-state index contributed by atoms with van der Waals surface area (Å²) in [5.41, 5.74) is 0. The van der Waals surface area contributed by atoms with E-state index in [1.807, 2.05) is 6.92 Å². The number of aromatic nitrogens is 4. The van der Waals surface area contributed by atoms with E-state index in [0.29, 0.717) is 36.7 Å². The van der Waals surface area contributed by atoms with Gasteiger partial charge < -0.3 is 19.5 Å². The van der Waals surface area contributed by atoms with Crippen molar-refractivity contribution in [2.45, 2.75) is 52.2 Å². The van der Waals surface area contributed by atoms with Gasteiger partial charge in [0.25, 0.3) is 0 Å². The number of amides is 2. The number of urea groups is 1. The van der Waals surface area contributed by atoms with Crippen LogP contribution < -0.4 is 10.1 Å². The summed E-state index contributed by atoms with van der Waals surface area (Å²) in [5.74, 6) is 1.55. The molecule has 0 radical (unpaired) electrons. The van der Waals surface area contributed by atoms with Crippen molar-refractivity contribution in [2.75, 3.05) is 13.1 Å². The highest BCUT2D eigenvalue weighted by molar-refractivity contribution is 5.74. The molecule has 3 rings (SSSR count). The largest absolute Gasteiger partial charge is 0.460 e. The Morgan fingerprint density at radius 2 is 2.00 bits per heavy atom. The SMILES string of the molecule is CC(C)Cc1noc(C(C)NC(=O)N2CCC(Oc3ncccn3)CC2)n1. The number of hydrogen-bond donors (Lipinski definition) is 1. The van der Waals surface area contributed by atoms with E-state index in [4.69, 9.17) is 9.26 Å². The first-order valence-electron chi connectivity index (χ1n) is 9.33. The van der Waals surface area contributed by atoms with Gasteiger partial charge in [-0.2, -0.15) is 4.98 Å². The molecule has 1 aliphatic rings. The normalized spacial score (nSPS) is 16.4. The van der Waals surface area contributed by atoms with Crippen LogP contribution in [0.25, 0.3) is 0 Å². The second-order valence-corrected chi connectivity index (χ2v) is 7.15. The Kier molecular flexibility index (Phi) is 6.20. The van der Waals surface area contributed by atoms with Crippen molar-refractivity contribution >= 4 is 6.03 Å². The average Bonchev–Trinajstić information content (AvgIpc) is 3.11. The number of ether oxygens (including phenoxy) is 1. The van der Waals surface area contributed by atoms with Crippen molar-refractivity contribution in [3.8, 4) is 6.01 Å². The van der Waals surface area contributed by atoms with Gasteiger partial charge in [0.2, 0.25) is 5.89 Å². The molecule has 1 N–H and O–H groups in total. The molecule has 2 amide bonds. The van der Waals surface area contributed by atoms with Crippen LogP contribution in [0.15, 0.2) is 23.0 Å². The molecule has 9 heteroatoms. The monoisotopic (exact) mass is 374 g/mol. The molecule has 2 aromatic heterocycles. The second kappa shape index (κ2) is 8.79. The van der Waals surface area contributed by atoms with Crippen molar-refractivity contribution in [3.05, 3.63) is 30.2 Å². The van der Waals surface area contributed by atoms with Crippen LogP contribution in [-0.4, -0.2) is 50.2 Å². The molecular formula is C18H26N6O3. The fourth-order valence-corrected chi connectivity index (χ4v) is 2.90. The summed E-state index contributed by atoms with van der Waals surface area (Å²) in [6.45, 7) is 7.25. The molecule has 0 aliphatic carbocycles. The molecule has 0 aromatic carbocycles. The van der Waals surface area contributed by atoms with Crippen molar-refractivity contribution in [1.82, 2.24) is 30.3 Å². The van der Waals surface area contributed by atoms with E-state index in [1.54, 1.807) is 23.4 Å². The van der Waals surface area contributed by atoms with Crippen LogP contribution in [0.2, 0.25) is 0 Å². The molecule has 1 unspecified atom stereocenters. The number of hydrogen-bond acceptors (Lipinski definition) is 7. The Labute approximate surface area is 158 Å². The molecule has 27 heavy (non-hydrogen) atoms. The molecule has 1 atom stereocenters. The van der Waals surface area contributed by atoms with Crippen LogP contribution in [0.1, 0.15) is 51.4 Å². The molecule has 9 nitrogen and oxygen atoms in total. The van der Waals surface area contributed by atoms with Crippen LogP contribution in [-0.2, 0) is 6.42 Å². The topological polar surface area (TPSA) is 106 Å². The van der Waals surface area contributed by atoms with Crippen molar-refractivity contribution < 1.29 is 14.1 Å². The van der Waals surface area contributed by atoms with E-state index in [0.717, 1.165) is 19.3 Å². The predicted molar refractivity (Wildman–Crippen MR) is 97.0 cm³/mol. The van der Waals surface area contributed by atoms with E-state index in [1.165, 1.54) is 0 Å². The third-order valence-corrected chi connectivity index (χ3v) is 4.33. The van der Waals surface area contributed by atoms with Crippen LogP contribution in [0, 0.1) is 5.92 Å². The van der Waals surface area contributed by atoms with Gasteiger partial charge in [-0.1, -0.05) is 19.0 Å². The lowest BCUT2D eigenvalue weighted by atomic mass is 10.1. The molecule has 0 saturated carbocycles. The lowest BCUT2D eigenvalue weighted by Gasteiger charge is -2.32. The molecule has 0 bridgehead atoms. The summed E-state index contributed by atoms with van der Waals surface area (Å²) in [4.78, 5) is 26.8. The highest BCUT2D eigenvalue weighted by Crippen LogP contribution is 2.17. The van der Waals surface area contributed by atoms with Gasteiger partial charge in [0.1, 0.15) is 12.1 Å². The molecule has 1 fully saturated rings. The van der Waals surface area contributed by atoms with Crippen molar-refractivity contribution in [1.29, 1.82) is 0 Å². The zero-order chi connectivity index (χ0) is 19.2. The Hall–Kier alpha value is -2.71. The predicted octanol–water partition coefficient (Wildman–Crippen LogP) is 2.37. The highest BCUT2D eigenvalue weighted by atomic mass is 16.5.